The molecule has 0 spiro atoms. The van der Waals surface area contributed by atoms with Gasteiger partial charge in [0.2, 0.25) is 0 Å². The Morgan fingerprint density at radius 3 is 2.83 bits per heavy atom. The summed E-state index contributed by atoms with van der Waals surface area (Å²) in [6.45, 7) is 1.57. The third-order valence-electron chi connectivity index (χ3n) is 2.93. The Hall–Kier alpha value is -1.57. The number of amides is 1. The van der Waals surface area contributed by atoms with E-state index in [-0.39, 0.29) is 11.9 Å². The molecular formula is C13H13ClN2O2. The lowest BCUT2D eigenvalue weighted by Gasteiger charge is -2.34. The third-order valence-corrected chi connectivity index (χ3v) is 3.28. The minimum Gasteiger partial charge on any atom is -0.377 e. The molecule has 0 bridgehead atoms. The minimum absolute atomic E-state index is 0.0616. The Bertz CT molecular complexity index is 467. The van der Waals surface area contributed by atoms with Gasteiger partial charge in [-0.05, 0) is 24.3 Å². The first kappa shape index (κ1) is 12.9. The van der Waals surface area contributed by atoms with E-state index in [4.69, 9.17) is 21.6 Å². The summed E-state index contributed by atoms with van der Waals surface area (Å²) in [7, 11) is 0. The Kier molecular flexibility index (Phi) is 4.19. The smallest absolute Gasteiger partial charge is 0.254 e. The van der Waals surface area contributed by atoms with Crippen molar-refractivity contribution < 1.29 is 9.53 Å². The molecule has 1 aromatic carbocycles. The number of halogens is 1. The van der Waals surface area contributed by atoms with Gasteiger partial charge >= 0.3 is 0 Å². The van der Waals surface area contributed by atoms with Crippen molar-refractivity contribution in [2.45, 2.75) is 6.04 Å². The molecule has 1 fully saturated rings. The summed E-state index contributed by atoms with van der Waals surface area (Å²) < 4.78 is 5.30. The fraction of sp³-hybridized carbons (Fsp3) is 0.385. The van der Waals surface area contributed by atoms with Crippen LogP contribution in [0.3, 0.4) is 0 Å². The van der Waals surface area contributed by atoms with Gasteiger partial charge in [-0.2, -0.15) is 5.26 Å². The highest BCUT2D eigenvalue weighted by Gasteiger charge is 2.27. The summed E-state index contributed by atoms with van der Waals surface area (Å²) in [5.74, 6) is 0.301. The van der Waals surface area contributed by atoms with Crippen molar-refractivity contribution >= 4 is 17.5 Å². The molecule has 1 atom stereocenters. The van der Waals surface area contributed by atoms with Gasteiger partial charge in [-0.3, -0.25) is 4.79 Å². The first-order valence-corrected chi connectivity index (χ1v) is 6.24. The molecule has 0 radical (unpaired) electrons. The van der Waals surface area contributed by atoms with E-state index in [0.717, 1.165) is 0 Å². The molecule has 1 unspecified atom stereocenters. The number of ether oxygens (including phenoxy) is 1. The van der Waals surface area contributed by atoms with E-state index >= 15 is 0 Å². The molecule has 1 aromatic rings. The number of hydrogen-bond acceptors (Lipinski definition) is 3. The monoisotopic (exact) mass is 264 g/mol. The van der Waals surface area contributed by atoms with Gasteiger partial charge in [-0.1, -0.05) is 0 Å². The molecule has 1 amide bonds. The molecule has 0 N–H and O–H groups in total. The van der Waals surface area contributed by atoms with Gasteiger partial charge in [-0.15, -0.1) is 11.6 Å². The largest absolute Gasteiger partial charge is 0.377 e. The van der Waals surface area contributed by atoms with Crippen LogP contribution in [0.25, 0.3) is 0 Å². The minimum atomic E-state index is -0.0800. The second kappa shape index (κ2) is 5.85. The molecule has 5 heteroatoms. The third kappa shape index (κ3) is 2.63. The lowest BCUT2D eigenvalue weighted by Crippen LogP contribution is -2.49. The van der Waals surface area contributed by atoms with Gasteiger partial charge < -0.3 is 9.64 Å². The van der Waals surface area contributed by atoms with Crippen molar-refractivity contribution in [1.82, 2.24) is 4.90 Å². The lowest BCUT2D eigenvalue weighted by molar-refractivity contribution is 0.00456. The molecule has 1 saturated heterocycles. The van der Waals surface area contributed by atoms with Crippen molar-refractivity contribution in [1.29, 1.82) is 5.26 Å². The van der Waals surface area contributed by atoms with Crippen LogP contribution in [-0.4, -0.2) is 42.5 Å². The van der Waals surface area contributed by atoms with Gasteiger partial charge in [0.1, 0.15) is 0 Å². The number of rotatable bonds is 2. The number of nitriles is 1. The number of morpholine rings is 1. The average Bonchev–Trinajstić information content (AvgIpc) is 2.46. The molecule has 0 aliphatic carbocycles. The Balaban J connectivity index is 2.16. The predicted molar refractivity (Wildman–Crippen MR) is 67.5 cm³/mol. The van der Waals surface area contributed by atoms with Gasteiger partial charge in [0.15, 0.2) is 0 Å². The summed E-state index contributed by atoms with van der Waals surface area (Å²) in [6, 6.07) is 8.57. The van der Waals surface area contributed by atoms with Crippen LogP contribution in [-0.2, 0) is 4.74 Å². The second-order valence-corrected chi connectivity index (χ2v) is 4.38. The molecule has 2 rings (SSSR count). The highest BCUT2D eigenvalue weighted by molar-refractivity contribution is 6.18. The maximum Gasteiger partial charge on any atom is 0.254 e. The first-order valence-electron chi connectivity index (χ1n) is 5.71. The summed E-state index contributed by atoms with van der Waals surface area (Å²) in [6.07, 6.45) is 0. The van der Waals surface area contributed by atoms with E-state index in [0.29, 0.717) is 36.8 Å². The van der Waals surface area contributed by atoms with Gasteiger partial charge in [-0.25, -0.2) is 0 Å². The number of benzene rings is 1. The van der Waals surface area contributed by atoms with Crippen LogP contribution in [0.2, 0.25) is 0 Å². The first-order chi connectivity index (χ1) is 8.76. The summed E-state index contributed by atoms with van der Waals surface area (Å²) in [5, 5.41) is 8.72. The molecular weight excluding hydrogens is 252 g/mol. The number of hydrogen-bond donors (Lipinski definition) is 0. The van der Waals surface area contributed by atoms with Gasteiger partial charge in [0, 0.05) is 18.0 Å². The highest BCUT2D eigenvalue weighted by Crippen LogP contribution is 2.14. The Morgan fingerprint density at radius 1 is 1.50 bits per heavy atom. The Labute approximate surface area is 111 Å². The zero-order valence-electron chi connectivity index (χ0n) is 9.80. The van der Waals surface area contributed by atoms with Crippen LogP contribution in [0.5, 0.6) is 0 Å². The van der Waals surface area contributed by atoms with Crippen molar-refractivity contribution in [2.24, 2.45) is 0 Å². The second-order valence-electron chi connectivity index (χ2n) is 4.07. The number of carbonyl (C=O) groups excluding carboxylic acids is 1. The van der Waals surface area contributed by atoms with E-state index in [1.807, 2.05) is 6.07 Å². The fourth-order valence-corrected chi connectivity index (χ4v) is 2.16. The summed E-state index contributed by atoms with van der Waals surface area (Å²) in [5.41, 5.74) is 1.12. The average molecular weight is 265 g/mol. The van der Waals surface area contributed by atoms with E-state index in [2.05, 4.69) is 0 Å². The van der Waals surface area contributed by atoms with E-state index in [1.165, 1.54) is 0 Å². The fourth-order valence-electron chi connectivity index (χ4n) is 1.90. The van der Waals surface area contributed by atoms with Gasteiger partial charge in [0.25, 0.3) is 5.91 Å². The molecule has 1 aliphatic rings. The van der Waals surface area contributed by atoms with Crippen molar-refractivity contribution in [3.8, 4) is 6.07 Å². The summed E-state index contributed by atoms with van der Waals surface area (Å²) in [4.78, 5) is 14.0. The molecule has 4 nitrogen and oxygen atoms in total. The maximum atomic E-state index is 12.3. The topological polar surface area (TPSA) is 53.3 Å². The van der Waals surface area contributed by atoms with E-state index < -0.39 is 0 Å². The quantitative estimate of drug-likeness (QED) is 0.763. The standard InChI is InChI=1S/C13H13ClN2O2/c14-7-12-9-18-6-5-16(12)13(17)11-3-1-10(8-15)2-4-11/h1-4,12H,5-7,9H2. The zero-order chi connectivity index (χ0) is 13.0. The number of nitrogens with zero attached hydrogens (tertiary/aromatic N) is 2. The predicted octanol–water partition coefficient (Wildman–Crippen LogP) is 1.64. The molecule has 1 heterocycles. The number of alkyl halides is 1. The molecule has 1 aliphatic heterocycles. The van der Waals surface area contributed by atoms with Crippen LogP contribution >= 0.6 is 11.6 Å². The molecule has 0 saturated carbocycles. The SMILES string of the molecule is N#Cc1ccc(C(=O)N2CCOCC2CCl)cc1. The number of carbonyl (C=O) groups is 1. The van der Waals surface area contributed by atoms with Crippen LogP contribution < -0.4 is 0 Å². The maximum absolute atomic E-state index is 12.3. The zero-order valence-corrected chi connectivity index (χ0v) is 10.6. The van der Waals surface area contributed by atoms with Crippen LogP contribution in [0.1, 0.15) is 15.9 Å². The highest BCUT2D eigenvalue weighted by atomic mass is 35.5. The van der Waals surface area contributed by atoms with Crippen LogP contribution in [0, 0.1) is 11.3 Å². The van der Waals surface area contributed by atoms with Crippen molar-refractivity contribution in [2.75, 3.05) is 25.6 Å². The summed E-state index contributed by atoms with van der Waals surface area (Å²) >= 11 is 5.84. The Morgan fingerprint density at radius 2 is 2.22 bits per heavy atom. The van der Waals surface area contributed by atoms with E-state index in [1.54, 1.807) is 29.2 Å². The van der Waals surface area contributed by atoms with Gasteiger partial charge in [0.05, 0.1) is 30.9 Å². The molecule has 18 heavy (non-hydrogen) atoms. The molecule has 94 valence electrons. The normalized spacial score (nSPS) is 19.3. The van der Waals surface area contributed by atoms with Crippen molar-refractivity contribution in [3.05, 3.63) is 35.4 Å². The lowest BCUT2D eigenvalue weighted by atomic mass is 10.1. The molecule has 0 aromatic heterocycles. The van der Waals surface area contributed by atoms with E-state index in [9.17, 15) is 4.79 Å². The van der Waals surface area contributed by atoms with Crippen molar-refractivity contribution in [3.63, 3.8) is 0 Å². The van der Waals surface area contributed by atoms with Crippen LogP contribution in [0.4, 0.5) is 0 Å². The van der Waals surface area contributed by atoms with Crippen LogP contribution in [0.15, 0.2) is 24.3 Å².